The van der Waals surface area contributed by atoms with E-state index in [2.05, 4.69) is 16.1 Å². The van der Waals surface area contributed by atoms with Crippen LogP contribution in [0.2, 0.25) is 0 Å². The lowest BCUT2D eigenvalue weighted by atomic mass is 10.1. The summed E-state index contributed by atoms with van der Waals surface area (Å²) < 4.78 is 5.21. The Labute approximate surface area is 166 Å². The molecule has 156 valence electrons. The van der Waals surface area contributed by atoms with Crippen molar-refractivity contribution < 1.29 is 24.0 Å². The molecule has 2 amide bonds. The van der Waals surface area contributed by atoms with Gasteiger partial charge in [0.25, 0.3) is 0 Å². The molecule has 8 heteroatoms. The van der Waals surface area contributed by atoms with Crippen molar-refractivity contribution in [2.24, 2.45) is 0 Å². The number of carbonyl (C=O) groups excluding carboxylic acids is 3. The summed E-state index contributed by atoms with van der Waals surface area (Å²) in [6.07, 6.45) is 1.12. The normalized spacial score (nSPS) is 12.0. The number of amides is 2. The van der Waals surface area contributed by atoms with Crippen molar-refractivity contribution in [2.75, 3.05) is 13.1 Å². The van der Waals surface area contributed by atoms with Crippen LogP contribution in [-0.4, -0.2) is 42.7 Å². The van der Waals surface area contributed by atoms with E-state index in [0.29, 0.717) is 37.9 Å². The highest BCUT2D eigenvalue weighted by Crippen LogP contribution is 2.08. The van der Waals surface area contributed by atoms with Crippen LogP contribution < -0.4 is 16.1 Å². The van der Waals surface area contributed by atoms with E-state index < -0.39 is 23.7 Å². The third-order valence-electron chi connectivity index (χ3n) is 3.55. The Morgan fingerprint density at radius 1 is 1.07 bits per heavy atom. The second-order valence-electron chi connectivity index (χ2n) is 7.24. The van der Waals surface area contributed by atoms with Gasteiger partial charge in [-0.3, -0.25) is 4.79 Å². The van der Waals surface area contributed by atoms with Gasteiger partial charge in [0.1, 0.15) is 11.6 Å². The summed E-state index contributed by atoms with van der Waals surface area (Å²) in [6, 6.07) is 8.00. The first-order valence-electron chi connectivity index (χ1n) is 9.49. The Bertz CT molecular complexity index is 628. The van der Waals surface area contributed by atoms with Crippen LogP contribution in [0.5, 0.6) is 0 Å². The zero-order valence-electron chi connectivity index (χ0n) is 17.0. The number of hydrogen-bond acceptors (Lipinski definition) is 6. The number of carbonyl (C=O) groups is 3. The van der Waals surface area contributed by atoms with Gasteiger partial charge in [-0.1, -0.05) is 18.2 Å². The SMILES string of the molecule is CCNC(=O)C(CCCCNOC(=O)c1ccccc1)NC(=O)OC(C)(C)C. The van der Waals surface area contributed by atoms with Gasteiger partial charge in [0.05, 0.1) is 5.56 Å². The second kappa shape index (κ2) is 12.0. The number of benzene rings is 1. The van der Waals surface area contributed by atoms with Gasteiger partial charge in [0, 0.05) is 13.1 Å². The zero-order chi connectivity index (χ0) is 21.0. The van der Waals surface area contributed by atoms with Crippen molar-refractivity contribution in [2.45, 2.75) is 58.6 Å². The monoisotopic (exact) mass is 393 g/mol. The first-order chi connectivity index (χ1) is 13.2. The fourth-order valence-electron chi connectivity index (χ4n) is 2.31. The molecule has 0 fully saturated rings. The van der Waals surface area contributed by atoms with Crippen molar-refractivity contribution in [1.82, 2.24) is 16.1 Å². The van der Waals surface area contributed by atoms with E-state index in [4.69, 9.17) is 9.57 Å². The number of hydroxylamine groups is 1. The standard InChI is InChI=1S/C20H31N3O5/c1-5-21-17(24)16(23-19(26)27-20(2,3)4)13-9-10-14-22-28-18(25)15-11-7-6-8-12-15/h6-8,11-12,16,22H,5,9-10,13-14H2,1-4H3,(H,21,24)(H,23,26). The van der Waals surface area contributed by atoms with Crippen LogP contribution in [0.25, 0.3) is 0 Å². The largest absolute Gasteiger partial charge is 0.444 e. The van der Waals surface area contributed by atoms with E-state index in [-0.39, 0.29) is 5.91 Å². The van der Waals surface area contributed by atoms with E-state index in [1.165, 1.54) is 0 Å². The van der Waals surface area contributed by atoms with Gasteiger partial charge in [0.15, 0.2) is 0 Å². The summed E-state index contributed by atoms with van der Waals surface area (Å²) >= 11 is 0. The van der Waals surface area contributed by atoms with Gasteiger partial charge in [-0.25, -0.2) is 9.59 Å². The summed E-state index contributed by atoms with van der Waals surface area (Å²) in [5.41, 5.74) is 2.45. The van der Waals surface area contributed by atoms with Crippen molar-refractivity contribution in [3.63, 3.8) is 0 Å². The number of rotatable bonds is 10. The lowest BCUT2D eigenvalue weighted by molar-refractivity contribution is -0.123. The van der Waals surface area contributed by atoms with Gasteiger partial charge >= 0.3 is 12.1 Å². The molecule has 0 spiro atoms. The molecule has 1 rings (SSSR count). The maximum atomic E-state index is 12.1. The molecule has 0 aliphatic carbocycles. The minimum Gasteiger partial charge on any atom is -0.444 e. The molecule has 28 heavy (non-hydrogen) atoms. The molecule has 0 bridgehead atoms. The van der Waals surface area contributed by atoms with E-state index in [1.54, 1.807) is 45.0 Å². The number of likely N-dealkylation sites (N-methyl/N-ethyl adjacent to an activating group) is 1. The first kappa shape index (κ1) is 23.4. The van der Waals surface area contributed by atoms with Crippen LogP contribution in [0.3, 0.4) is 0 Å². The third kappa shape index (κ3) is 9.91. The minimum atomic E-state index is -0.679. The fourth-order valence-corrected chi connectivity index (χ4v) is 2.31. The van der Waals surface area contributed by atoms with Gasteiger partial charge in [-0.2, -0.15) is 5.48 Å². The number of alkyl carbamates (subject to hydrolysis) is 1. The van der Waals surface area contributed by atoms with Crippen LogP contribution in [0.1, 0.15) is 57.3 Å². The van der Waals surface area contributed by atoms with Crippen LogP contribution in [0, 0.1) is 0 Å². The maximum absolute atomic E-state index is 12.1. The minimum absolute atomic E-state index is 0.253. The average Bonchev–Trinajstić information content (AvgIpc) is 2.62. The lowest BCUT2D eigenvalue weighted by Gasteiger charge is -2.23. The van der Waals surface area contributed by atoms with E-state index in [0.717, 1.165) is 0 Å². The number of hydrogen-bond donors (Lipinski definition) is 3. The van der Waals surface area contributed by atoms with Gasteiger partial charge < -0.3 is 20.2 Å². The molecule has 0 aliphatic rings. The molecular weight excluding hydrogens is 362 g/mol. The summed E-state index contributed by atoms with van der Waals surface area (Å²) in [7, 11) is 0. The molecule has 8 nitrogen and oxygen atoms in total. The smallest absolute Gasteiger partial charge is 0.408 e. The molecule has 0 radical (unpaired) electrons. The molecular formula is C20H31N3O5. The number of nitrogens with one attached hydrogen (secondary N) is 3. The Balaban J connectivity index is 2.34. The Kier molecular flexibility index (Phi) is 10.0. The second-order valence-corrected chi connectivity index (χ2v) is 7.24. The van der Waals surface area contributed by atoms with Gasteiger partial charge in [-0.15, -0.1) is 0 Å². The van der Waals surface area contributed by atoms with Crippen LogP contribution >= 0.6 is 0 Å². The van der Waals surface area contributed by atoms with Crippen LogP contribution in [-0.2, 0) is 14.4 Å². The molecule has 0 aromatic heterocycles. The first-order valence-corrected chi connectivity index (χ1v) is 9.49. The zero-order valence-corrected chi connectivity index (χ0v) is 17.0. The van der Waals surface area contributed by atoms with E-state index in [1.807, 2.05) is 13.0 Å². The molecule has 3 N–H and O–H groups in total. The highest BCUT2D eigenvalue weighted by Gasteiger charge is 2.23. The molecule has 1 aromatic rings. The molecule has 0 saturated carbocycles. The van der Waals surface area contributed by atoms with E-state index in [9.17, 15) is 14.4 Å². The summed E-state index contributed by atoms with van der Waals surface area (Å²) in [6.45, 7) is 8.01. The summed E-state index contributed by atoms with van der Waals surface area (Å²) in [5, 5.41) is 5.31. The Morgan fingerprint density at radius 3 is 2.36 bits per heavy atom. The van der Waals surface area contributed by atoms with Gasteiger partial charge in [-0.05, 0) is 59.1 Å². The Morgan fingerprint density at radius 2 is 1.75 bits per heavy atom. The molecule has 1 aromatic carbocycles. The topological polar surface area (TPSA) is 106 Å². The highest BCUT2D eigenvalue weighted by molar-refractivity contribution is 5.89. The van der Waals surface area contributed by atoms with Crippen molar-refractivity contribution in [1.29, 1.82) is 0 Å². The average molecular weight is 393 g/mol. The number of unbranched alkanes of at least 4 members (excludes halogenated alkanes) is 1. The van der Waals surface area contributed by atoms with Crippen LogP contribution in [0.4, 0.5) is 4.79 Å². The maximum Gasteiger partial charge on any atom is 0.408 e. The fraction of sp³-hybridized carbons (Fsp3) is 0.550. The van der Waals surface area contributed by atoms with Crippen LogP contribution in [0.15, 0.2) is 30.3 Å². The highest BCUT2D eigenvalue weighted by atomic mass is 16.7. The van der Waals surface area contributed by atoms with Crippen molar-refractivity contribution in [3.05, 3.63) is 35.9 Å². The molecule has 1 atom stereocenters. The Hall–Kier alpha value is -2.61. The predicted molar refractivity (Wildman–Crippen MR) is 106 cm³/mol. The quantitative estimate of drug-likeness (QED) is 0.417. The van der Waals surface area contributed by atoms with Crippen molar-refractivity contribution in [3.8, 4) is 0 Å². The number of ether oxygens (including phenoxy) is 1. The van der Waals surface area contributed by atoms with Crippen molar-refractivity contribution >= 4 is 18.0 Å². The lowest BCUT2D eigenvalue weighted by Crippen LogP contribution is -2.48. The molecule has 0 aliphatic heterocycles. The van der Waals surface area contributed by atoms with Gasteiger partial charge in [0.2, 0.25) is 5.91 Å². The predicted octanol–water partition coefficient (Wildman–Crippen LogP) is 2.55. The molecule has 0 saturated heterocycles. The third-order valence-corrected chi connectivity index (χ3v) is 3.55. The summed E-state index contributed by atoms with van der Waals surface area (Å²) in [4.78, 5) is 40.8. The molecule has 1 unspecified atom stereocenters. The van der Waals surface area contributed by atoms with E-state index >= 15 is 0 Å². The molecule has 0 heterocycles. The summed E-state index contributed by atoms with van der Waals surface area (Å²) in [5.74, 6) is -0.704.